The molecular formula is C15H16INO2P. The van der Waals surface area contributed by atoms with Crippen molar-refractivity contribution in [1.29, 1.82) is 0 Å². The first-order valence-electron chi connectivity index (χ1n) is 6.52. The highest BCUT2D eigenvalue weighted by molar-refractivity contribution is 14.1. The van der Waals surface area contributed by atoms with Gasteiger partial charge in [-0.25, -0.2) is 4.67 Å². The molecule has 1 aromatic carbocycles. The van der Waals surface area contributed by atoms with Gasteiger partial charge in [0.25, 0.3) is 7.52 Å². The first-order valence-corrected chi connectivity index (χ1v) is 9.18. The zero-order chi connectivity index (χ0) is 14.3. The predicted octanol–water partition coefficient (Wildman–Crippen LogP) is 4.40. The Morgan fingerprint density at radius 1 is 1.25 bits per heavy atom. The van der Waals surface area contributed by atoms with E-state index in [1.54, 1.807) is 0 Å². The summed E-state index contributed by atoms with van der Waals surface area (Å²) in [7, 11) is -1.07. The highest BCUT2D eigenvalue weighted by Gasteiger charge is 2.54. The Labute approximate surface area is 134 Å². The zero-order valence-electron chi connectivity index (χ0n) is 11.4. The van der Waals surface area contributed by atoms with Crippen LogP contribution in [0.5, 0.6) is 0 Å². The fourth-order valence-corrected chi connectivity index (χ4v) is 6.31. The summed E-state index contributed by atoms with van der Waals surface area (Å²) in [4.78, 5) is 0. The van der Waals surface area contributed by atoms with E-state index < -0.39 is 7.52 Å². The maximum absolute atomic E-state index is 13.3. The molecule has 1 saturated carbocycles. The van der Waals surface area contributed by atoms with E-state index in [0.29, 0.717) is 0 Å². The van der Waals surface area contributed by atoms with Crippen LogP contribution in [0.25, 0.3) is 0 Å². The number of rotatable bonds is 2. The Morgan fingerprint density at radius 3 is 2.55 bits per heavy atom. The van der Waals surface area contributed by atoms with E-state index in [9.17, 15) is 4.57 Å². The number of nitrogens with zero attached hydrogens (tertiary/aromatic N) is 1. The lowest BCUT2D eigenvalue weighted by Gasteiger charge is -2.26. The minimum absolute atomic E-state index is 0.0777. The monoisotopic (exact) mass is 400 g/mol. The molecule has 5 heteroatoms. The van der Waals surface area contributed by atoms with Crippen LogP contribution >= 0.6 is 30.1 Å². The Balaban J connectivity index is 1.90. The molecule has 0 aromatic heterocycles. The number of benzene rings is 1. The van der Waals surface area contributed by atoms with E-state index in [2.05, 4.69) is 29.5 Å². The van der Waals surface area contributed by atoms with Crippen LogP contribution in [0.3, 0.4) is 0 Å². The lowest BCUT2D eigenvalue weighted by molar-refractivity contribution is 0.211. The second-order valence-corrected chi connectivity index (χ2v) is 8.56. The van der Waals surface area contributed by atoms with Crippen LogP contribution in [0.1, 0.15) is 18.6 Å². The quantitative estimate of drug-likeness (QED) is 0.545. The Morgan fingerprint density at radius 2 is 1.95 bits per heavy atom. The van der Waals surface area contributed by atoms with Crippen LogP contribution in [0, 0.1) is 28.8 Å². The lowest BCUT2D eigenvalue weighted by atomic mass is 10.0. The number of halogens is 1. The Kier molecular flexibility index (Phi) is 4.29. The molecule has 105 valence electrons. The fraction of sp³-hybridized carbons (Fsp3) is 0.267. The van der Waals surface area contributed by atoms with E-state index in [1.165, 1.54) is 0 Å². The van der Waals surface area contributed by atoms with Gasteiger partial charge in [-0.15, -0.1) is 0 Å². The largest absolute Gasteiger partial charge is 0.307 e. The first kappa shape index (κ1) is 15.0. The number of likely N-dealkylation sites (N-methyl/N-ethyl adjacent to an activating group) is 1. The molecule has 3 rings (SSSR count). The summed E-state index contributed by atoms with van der Waals surface area (Å²) < 4.78 is 22.3. The van der Waals surface area contributed by atoms with Crippen molar-refractivity contribution in [1.82, 2.24) is 4.67 Å². The molecule has 1 saturated heterocycles. The normalized spacial score (nSPS) is 36.8. The second-order valence-electron chi connectivity index (χ2n) is 5.03. The number of hydrogen-bond acceptors (Lipinski definition) is 2. The molecule has 1 heterocycles. The highest BCUT2D eigenvalue weighted by atomic mass is 127. The molecule has 0 amide bonds. The number of hydrogen-bond donors (Lipinski definition) is 0. The molecular weight excluding hydrogens is 384 g/mol. The average Bonchev–Trinajstić information content (AvgIpc) is 2.98. The average molecular weight is 400 g/mol. The van der Waals surface area contributed by atoms with E-state index in [-0.39, 0.29) is 12.1 Å². The maximum atomic E-state index is 13.3. The Hall–Kier alpha value is 0.1000. The summed E-state index contributed by atoms with van der Waals surface area (Å²) in [6.07, 6.45) is 5.64. The van der Waals surface area contributed by atoms with Gasteiger partial charge in [0.2, 0.25) is 0 Å². The Bertz CT molecular complexity index is 524. The summed E-state index contributed by atoms with van der Waals surface area (Å²) >= 11 is 2.22. The molecule has 5 radical (unpaired) electrons. The topological polar surface area (TPSA) is 29.5 Å². The van der Waals surface area contributed by atoms with Gasteiger partial charge >= 0.3 is 0 Å². The van der Waals surface area contributed by atoms with Crippen molar-refractivity contribution in [2.24, 2.45) is 0 Å². The molecule has 3 nitrogen and oxygen atoms in total. The van der Waals surface area contributed by atoms with Gasteiger partial charge < -0.3 is 4.52 Å². The minimum atomic E-state index is -2.96. The van der Waals surface area contributed by atoms with E-state index >= 15 is 0 Å². The van der Waals surface area contributed by atoms with Crippen molar-refractivity contribution >= 4 is 30.1 Å². The third-order valence-corrected chi connectivity index (χ3v) is 7.95. The van der Waals surface area contributed by atoms with Crippen molar-refractivity contribution < 1.29 is 9.09 Å². The van der Waals surface area contributed by atoms with Crippen molar-refractivity contribution in [2.45, 2.75) is 19.1 Å². The molecule has 0 bridgehead atoms. The highest BCUT2D eigenvalue weighted by Crippen LogP contribution is 2.73. The molecule has 1 aliphatic heterocycles. The van der Waals surface area contributed by atoms with E-state index in [4.69, 9.17) is 4.52 Å². The van der Waals surface area contributed by atoms with Gasteiger partial charge in [0, 0.05) is 6.04 Å². The summed E-state index contributed by atoms with van der Waals surface area (Å²) in [6.45, 7) is 2.06. The van der Waals surface area contributed by atoms with Gasteiger partial charge in [-0.1, -0.05) is 52.9 Å². The molecule has 2 aliphatic rings. The molecule has 0 unspecified atom stereocenters. The third-order valence-electron chi connectivity index (χ3n) is 3.87. The van der Waals surface area contributed by atoms with Crippen LogP contribution in [0.4, 0.5) is 0 Å². The van der Waals surface area contributed by atoms with Crippen LogP contribution in [0.2, 0.25) is 0 Å². The predicted molar refractivity (Wildman–Crippen MR) is 88.5 cm³/mol. The van der Waals surface area contributed by atoms with Crippen molar-refractivity contribution in [3.8, 4) is 0 Å². The summed E-state index contributed by atoms with van der Waals surface area (Å²) in [5.41, 5.74) is 1.89. The molecule has 0 spiro atoms. The van der Waals surface area contributed by atoms with Gasteiger partial charge in [0.1, 0.15) is 6.10 Å². The summed E-state index contributed by atoms with van der Waals surface area (Å²) in [5, 5.41) is 0. The zero-order valence-corrected chi connectivity index (χ0v) is 14.4. The minimum Gasteiger partial charge on any atom is -0.307 e. The SMILES string of the molecule is C[C@H]1[C@@H](c2ccccc2)O[P@@](=O)([C]2[CH][CH][CH][C]2I)N1C. The standard InChI is InChI=1S/C15H16INO2P/c1-11-15(12-7-4-3-5-8-12)19-20(18,17(11)2)14-10-6-9-13(14)16/h3-11,15H,1-2H3/t11-,15-,20-/m0/s1. The first-order chi connectivity index (χ1) is 9.54. The fourth-order valence-electron chi connectivity index (χ4n) is 2.58. The summed E-state index contributed by atoms with van der Waals surface area (Å²) in [6, 6.07) is 10.1. The van der Waals surface area contributed by atoms with Gasteiger partial charge in [-0.05, 0) is 38.8 Å². The lowest BCUT2D eigenvalue weighted by Crippen LogP contribution is -2.24. The molecule has 20 heavy (non-hydrogen) atoms. The van der Waals surface area contributed by atoms with Crippen molar-refractivity contribution in [2.75, 3.05) is 7.05 Å². The maximum Gasteiger partial charge on any atom is 0.282 e. The molecule has 1 aliphatic carbocycles. The molecule has 0 N–H and O–H groups in total. The van der Waals surface area contributed by atoms with E-state index in [0.717, 1.165) is 15.1 Å². The molecule has 3 atom stereocenters. The molecule has 2 fully saturated rings. The van der Waals surface area contributed by atoms with Gasteiger partial charge in [0.05, 0.1) is 9.58 Å². The second kappa shape index (κ2) is 5.71. The third kappa shape index (κ3) is 2.39. The van der Waals surface area contributed by atoms with Gasteiger partial charge in [-0.2, -0.15) is 0 Å². The van der Waals surface area contributed by atoms with Gasteiger partial charge in [-0.3, -0.25) is 4.57 Å². The van der Waals surface area contributed by atoms with Crippen molar-refractivity contribution in [3.05, 3.63) is 64.7 Å². The van der Waals surface area contributed by atoms with Gasteiger partial charge in [0.15, 0.2) is 0 Å². The molecule has 1 aromatic rings. The van der Waals surface area contributed by atoms with Crippen LogP contribution in [0.15, 0.2) is 30.3 Å². The van der Waals surface area contributed by atoms with Crippen LogP contribution in [-0.4, -0.2) is 17.8 Å². The van der Waals surface area contributed by atoms with Crippen LogP contribution < -0.4 is 0 Å². The van der Waals surface area contributed by atoms with E-state index in [1.807, 2.05) is 61.3 Å². The van der Waals surface area contributed by atoms with Crippen LogP contribution in [-0.2, 0) is 9.09 Å². The smallest absolute Gasteiger partial charge is 0.282 e. The summed E-state index contributed by atoms with van der Waals surface area (Å²) in [5.74, 6) is 0. The van der Waals surface area contributed by atoms with Crippen molar-refractivity contribution in [3.63, 3.8) is 0 Å².